The molecule has 0 radical (unpaired) electrons. The van der Waals surface area contributed by atoms with Gasteiger partial charge in [0.05, 0.1) is 16.6 Å². The van der Waals surface area contributed by atoms with Gasteiger partial charge < -0.3 is 14.8 Å². The van der Waals surface area contributed by atoms with Crippen LogP contribution in [0.2, 0.25) is 0 Å². The first-order valence-corrected chi connectivity index (χ1v) is 9.78. The number of hydrogen-bond acceptors (Lipinski definition) is 5. The van der Waals surface area contributed by atoms with Crippen molar-refractivity contribution in [2.24, 2.45) is 7.05 Å². The van der Waals surface area contributed by atoms with Crippen LogP contribution in [0.1, 0.15) is 34.6 Å². The summed E-state index contributed by atoms with van der Waals surface area (Å²) in [4.78, 5) is 44.1. The largest absolute Gasteiger partial charge is 0.321 e. The number of amides is 2. The number of aromatic nitrogens is 2. The van der Waals surface area contributed by atoms with E-state index in [4.69, 9.17) is 0 Å². The number of rotatable bonds is 2. The third-order valence-electron chi connectivity index (χ3n) is 5.11. The van der Waals surface area contributed by atoms with Gasteiger partial charge in [-0.1, -0.05) is 0 Å². The summed E-state index contributed by atoms with van der Waals surface area (Å²) >= 11 is 1.21. The Bertz CT molecular complexity index is 1190. The molecule has 3 aromatic rings. The zero-order chi connectivity index (χ0) is 20.2. The lowest BCUT2D eigenvalue weighted by Gasteiger charge is -2.20. The van der Waals surface area contributed by atoms with Crippen LogP contribution in [0.3, 0.4) is 0 Å². The van der Waals surface area contributed by atoms with Gasteiger partial charge in [0.25, 0.3) is 11.5 Å². The van der Waals surface area contributed by atoms with Crippen molar-refractivity contribution >= 4 is 44.7 Å². The number of fused-ring (bicyclic) bond motifs is 2. The molecule has 0 unspecified atom stereocenters. The highest BCUT2D eigenvalue weighted by molar-refractivity contribution is 7.20. The van der Waals surface area contributed by atoms with Crippen LogP contribution in [0.5, 0.6) is 0 Å². The molecular weight excluding hydrogens is 376 g/mol. The van der Waals surface area contributed by atoms with Gasteiger partial charge in [-0.05, 0) is 49.6 Å². The molecule has 4 rings (SSSR count). The van der Waals surface area contributed by atoms with Gasteiger partial charge in [0.1, 0.15) is 4.83 Å². The number of anilines is 2. The fraction of sp³-hybridized carbons (Fsp3) is 0.300. The first-order chi connectivity index (χ1) is 13.3. The average molecular weight is 396 g/mol. The minimum Gasteiger partial charge on any atom is -0.321 e. The van der Waals surface area contributed by atoms with E-state index in [1.54, 1.807) is 31.9 Å². The second-order valence-electron chi connectivity index (χ2n) is 7.14. The molecule has 28 heavy (non-hydrogen) atoms. The number of thiophene rings is 1. The van der Waals surface area contributed by atoms with Crippen LogP contribution in [-0.4, -0.2) is 27.4 Å². The van der Waals surface area contributed by atoms with Gasteiger partial charge in [0.15, 0.2) is 0 Å². The summed E-state index contributed by atoms with van der Waals surface area (Å²) in [5.41, 5.74) is 3.07. The van der Waals surface area contributed by atoms with Crippen molar-refractivity contribution in [3.63, 3.8) is 0 Å². The maximum absolute atomic E-state index is 12.8. The zero-order valence-corrected chi connectivity index (χ0v) is 16.9. The molecule has 0 saturated carbocycles. The van der Waals surface area contributed by atoms with E-state index in [9.17, 15) is 14.4 Å². The predicted molar refractivity (Wildman–Crippen MR) is 110 cm³/mol. The molecule has 2 amide bonds. The van der Waals surface area contributed by atoms with Gasteiger partial charge in [-0.2, -0.15) is 0 Å². The predicted octanol–water partition coefficient (Wildman–Crippen LogP) is 2.85. The second kappa shape index (κ2) is 6.56. The fourth-order valence-electron chi connectivity index (χ4n) is 3.80. The highest BCUT2D eigenvalue weighted by Gasteiger charge is 2.29. The number of nitrogens with zero attached hydrogens (tertiary/aromatic N) is 3. The van der Waals surface area contributed by atoms with E-state index in [2.05, 4.69) is 10.3 Å². The Balaban J connectivity index is 1.65. The summed E-state index contributed by atoms with van der Waals surface area (Å²) in [7, 11) is 1.64. The number of carbonyl (C=O) groups excluding carboxylic acids is 2. The van der Waals surface area contributed by atoms with E-state index in [1.165, 1.54) is 22.2 Å². The lowest BCUT2D eigenvalue weighted by molar-refractivity contribution is -0.116. The van der Waals surface area contributed by atoms with Crippen LogP contribution in [0.4, 0.5) is 11.4 Å². The lowest BCUT2D eigenvalue weighted by atomic mass is 10.1. The first kappa shape index (κ1) is 18.4. The molecular formula is C20H20N4O3S. The SMILES string of the molecule is CC(=O)N1c2ccc(NC(=O)c3sc4ncn(C)c(=O)c4c3C)cc2C[C@@H]1C. The zero-order valence-electron chi connectivity index (χ0n) is 16.1. The summed E-state index contributed by atoms with van der Waals surface area (Å²) in [6.07, 6.45) is 2.21. The fourth-order valence-corrected chi connectivity index (χ4v) is 4.84. The van der Waals surface area contributed by atoms with Crippen molar-refractivity contribution in [2.75, 3.05) is 10.2 Å². The normalized spacial score (nSPS) is 15.7. The molecule has 0 saturated heterocycles. The minimum atomic E-state index is -0.267. The Morgan fingerprint density at radius 1 is 1.32 bits per heavy atom. The van der Waals surface area contributed by atoms with Crippen molar-refractivity contribution < 1.29 is 9.59 Å². The number of carbonyl (C=O) groups is 2. The highest BCUT2D eigenvalue weighted by atomic mass is 32.1. The van der Waals surface area contributed by atoms with Crippen LogP contribution in [0.25, 0.3) is 10.2 Å². The van der Waals surface area contributed by atoms with Gasteiger partial charge >= 0.3 is 0 Å². The molecule has 1 aliphatic heterocycles. The Morgan fingerprint density at radius 3 is 2.79 bits per heavy atom. The van der Waals surface area contributed by atoms with E-state index in [0.29, 0.717) is 26.3 Å². The van der Waals surface area contributed by atoms with Gasteiger partial charge in [-0.3, -0.25) is 14.4 Å². The molecule has 1 atom stereocenters. The molecule has 1 N–H and O–H groups in total. The van der Waals surface area contributed by atoms with Gasteiger partial charge in [-0.25, -0.2) is 4.98 Å². The van der Waals surface area contributed by atoms with Gasteiger partial charge in [0.2, 0.25) is 5.91 Å². The Hall–Kier alpha value is -3.00. The van der Waals surface area contributed by atoms with Crippen molar-refractivity contribution in [2.45, 2.75) is 33.2 Å². The molecule has 0 spiro atoms. The molecule has 144 valence electrons. The average Bonchev–Trinajstić information content (AvgIpc) is 3.14. The van der Waals surface area contributed by atoms with Crippen molar-refractivity contribution in [3.8, 4) is 0 Å². The van der Waals surface area contributed by atoms with E-state index >= 15 is 0 Å². The summed E-state index contributed by atoms with van der Waals surface area (Å²) in [5, 5.41) is 3.40. The van der Waals surface area contributed by atoms with Crippen LogP contribution in [0.15, 0.2) is 29.3 Å². The molecule has 1 aromatic carbocycles. The van der Waals surface area contributed by atoms with Crippen molar-refractivity contribution in [1.82, 2.24) is 9.55 Å². The Labute approximate surface area is 165 Å². The van der Waals surface area contributed by atoms with E-state index in [1.807, 2.05) is 19.1 Å². The third-order valence-corrected chi connectivity index (χ3v) is 6.31. The first-order valence-electron chi connectivity index (χ1n) is 8.96. The van der Waals surface area contributed by atoms with Crippen molar-refractivity contribution in [3.05, 3.63) is 50.9 Å². The third kappa shape index (κ3) is 2.80. The van der Waals surface area contributed by atoms with Gasteiger partial charge in [0, 0.05) is 31.4 Å². The molecule has 2 aromatic heterocycles. The monoisotopic (exact) mass is 396 g/mol. The van der Waals surface area contributed by atoms with Gasteiger partial charge in [-0.15, -0.1) is 11.3 Å². The molecule has 8 heteroatoms. The molecule has 0 bridgehead atoms. The number of benzene rings is 1. The Kier molecular flexibility index (Phi) is 4.30. The molecule has 1 aliphatic rings. The maximum Gasteiger partial charge on any atom is 0.266 e. The van der Waals surface area contributed by atoms with E-state index < -0.39 is 0 Å². The highest BCUT2D eigenvalue weighted by Crippen LogP contribution is 2.34. The molecule has 7 nitrogen and oxygen atoms in total. The lowest BCUT2D eigenvalue weighted by Crippen LogP contribution is -2.33. The van der Waals surface area contributed by atoms with E-state index in [0.717, 1.165) is 17.7 Å². The summed E-state index contributed by atoms with van der Waals surface area (Å²) in [6.45, 7) is 5.34. The summed E-state index contributed by atoms with van der Waals surface area (Å²) < 4.78 is 1.41. The van der Waals surface area contributed by atoms with E-state index in [-0.39, 0.29) is 23.4 Å². The molecule has 3 heterocycles. The Morgan fingerprint density at radius 2 is 2.07 bits per heavy atom. The van der Waals surface area contributed by atoms with Crippen LogP contribution >= 0.6 is 11.3 Å². The van der Waals surface area contributed by atoms with Crippen molar-refractivity contribution in [1.29, 1.82) is 0 Å². The molecule has 0 aliphatic carbocycles. The van der Waals surface area contributed by atoms with Crippen LogP contribution in [-0.2, 0) is 18.3 Å². The number of nitrogens with one attached hydrogen (secondary N) is 1. The number of aryl methyl sites for hydroxylation is 2. The quantitative estimate of drug-likeness (QED) is 0.722. The maximum atomic E-state index is 12.8. The van der Waals surface area contributed by atoms with Crippen LogP contribution in [0, 0.1) is 6.92 Å². The second-order valence-corrected chi connectivity index (χ2v) is 8.14. The molecule has 0 fully saturated rings. The number of hydrogen-bond donors (Lipinski definition) is 1. The smallest absolute Gasteiger partial charge is 0.266 e. The summed E-state index contributed by atoms with van der Waals surface area (Å²) in [6, 6.07) is 5.67. The summed E-state index contributed by atoms with van der Waals surface area (Å²) in [5.74, 6) is -0.255. The van der Waals surface area contributed by atoms with Crippen LogP contribution < -0.4 is 15.8 Å². The topological polar surface area (TPSA) is 84.3 Å². The standard InChI is InChI=1S/C20H20N4O3S/c1-10-7-13-8-14(5-6-15(13)24(10)12(3)25)22-18(26)17-11(2)16-19(28-17)21-9-23(4)20(16)27/h5-6,8-10H,7H2,1-4H3,(H,22,26)/t10-/m0/s1. The minimum absolute atomic E-state index is 0.0121.